The second kappa shape index (κ2) is 11.0. The number of oxazole rings is 1. The van der Waals surface area contributed by atoms with Crippen LogP contribution in [-0.2, 0) is 0 Å². The van der Waals surface area contributed by atoms with Gasteiger partial charge in [-0.3, -0.25) is 0 Å². The Labute approximate surface area is 256 Å². The average Bonchev–Trinajstić information content (AvgIpc) is 3.55. The number of para-hydroxylation sites is 1. The van der Waals surface area contributed by atoms with E-state index < -0.39 is 0 Å². The molecule has 0 radical (unpaired) electrons. The van der Waals surface area contributed by atoms with Crippen LogP contribution in [0, 0.1) is 0 Å². The van der Waals surface area contributed by atoms with Gasteiger partial charge in [0, 0.05) is 28.0 Å². The normalized spacial score (nSPS) is 11.2. The minimum absolute atomic E-state index is 0.634. The van der Waals surface area contributed by atoms with Crippen LogP contribution in [-0.4, -0.2) is 4.98 Å². The topological polar surface area (TPSA) is 29.3 Å². The van der Waals surface area contributed by atoms with E-state index in [-0.39, 0.29) is 0 Å². The van der Waals surface area contributed by atoms with Crippen molar-refractivity contribution < 1.29 is 4.42 Å². The molecule has 44 heavy (non-hydrogen) atoms. The Morgan fingerprint density at radius 1 is 0.386 bits per heavy atom. The molecular formula is C41H28N2O. The molecular weight excluding hydrogens is 536 g/mol. The van der Waals surface area contributed by atoms with Crippen LogP contribution in [0.4, 0.5) is 17.1 Å². The van der Waals surface area contributed by atoms with Gasteiger partial charge in [-0.05, 0) is 82.2 Å². The number of rotatable bonds is 6. The lowest BCUT2D eigenvalue weighted by Gasteiger charge is -2.26. The fraction of sp³-hybridized carbons (Fsp3) is 0. The van der Waals surface area contributed by atoms with Crippen LogP contribution in [0.1, 0.15) is 0 Å². The molecule has 1 heterocycles. The van der Waals surface area contributed by atoms with Gasteiger partial charge >= 0.3 is 0 Å². The second-order valence-corrected chi connectivity index (χ2v) is 10.9. The summed E-state index contributed by atoms with van der Waals surface area (Å²) in [5.74, 6) is 0.634. The van der Waals surface area contributed by atoms with Crippen LogP contribution >= 0.6 is 0 Å². The minimum Gasteiger partial charge on any atom is -0.435 e. The van der Waals surface area contributed by atoms with E-state index in [1.165, 1.54) is 11.1 Å². The van der Waals surface area contributed by atoms with Crippen molar-refractivity contribution in [2.24, 2.45) is 0 Å². The Morgan fingerprint density at radius 3 is 1.50 bits per heavy atom. The zero-order valence-corrected chi connectivity index (χ0v) is 24.0. The molecule has 1 aromatic heterocycles. The van der Waals surface area contributed by atoms with E-state index >= 15 is 0 Å². The molecule has 0 spiro atoms. The summed E-state index contributed by atoms with van der Waals surface area (Å²) in [6.07, 6.45) is 0. The molecule has 0 N–H and O–H groups in total. The van der Waals surface area contributed by atoms with Gasteiger partial charge in [-0.2, -0.15) is 0 Å². The molecule has 0 aliphatic heterocycles. The molecule has 0 aliphatic carbocycles. The molecule has 0 atom stereocenters. The van der Waals surface area contributed by atoms with E-state index in [1.54, 1.807) is 0 Å². The third-order valence-electron chi connectivity index (χ3n) is 8.12. The van der Waals surface area contributed by atoms with Crippen molar-refractivity contribution >= 4 is 38.9 Å². The molecule has 0 amide bonds. The largest absolute Gasteiger partial charge is 0.435 e. The first-order chi connectivity index (χ1) is 21.8. The van der Waals surface area contributed by atoms with Gasteiger partial charge < -0.3 is 9.32 Å². The molecule has 8 aromatic rings. The monoisotopic (exact) mass is 564 g/mol. The van der Waals surface area contributed by atoms with E-state index in [4.69, 9.17) is 9.40 Å². The second-order valence-electron chi connectivity index (χ2n) is 10.9. The van der Waals surface area contributed by atoms with Crippen molar-refractivity contribution in [2.75, 3.05) is 4.90 Å². The van der Waals surface area contributed by atoms with Crippen LogP contribution in [0.25, 0.3) is 55.6 Å². The predicted molar refractivity (Wildman–Crippen MR) is 183 cm³/mol. The standard InChI is InChI=1S/C41H28N2O/c1-3-9-29(10-4-1)31-19-24-36(25-20-31)43(35-12-5-2-6-13-35)37-26-21-32(22-27-37)30-15-17-34(18-16-30)41-42-39-28-23-33-11-7-8-14-38(33)40(39)44-41/h1-28H. The fourth-order valence-electron chi connectivity index (χ4n) is 5.85. The van der Waals surface area contributed by atoms with Gasteiger partial charge in [0.05, 0.1) is 0 Å². The van der Waals surface area contributed by atoms with Gasteiger partial charge in [0.2, 0.25) is 5.89 Å². The van der Waals surface area contributed by atoms with Gasteiger partial charge in [0.15, 0.2) is 5.58 Å². The van der Waals surface area contributed by atoms with Gasteiger partial charge in [-0.25, -0.2) is 4.98 Å². The third-order valence-corrected chi connectivity index (χ3v) is 8.12. The SMILES string of the molecule is c1ccc(-c2ccc(N(c3ccccc3)c3ccc(-c4ccc(-c5nc6ccc7ccccc7c6o5)cc4)cc3)cc2)cc1. The van der Waals surface area contributed by atoms with Crippen LogP contribution in [0.2, 0.25) is 0 Å². The maximum atomic E-state index is 6.25. The van der Waals surface area contributed by atoms with Crippen molar-refractivity contribution in [2.45, 2.75) is 0 Å². The molecule has 0 fully saturated rings. The van der Waals surface area contributed by atoms with Gasteiger partial charge in [0.25, 0.3) is 0 Å². The zero-order chi connectivity index (χ0) is 29.3. The molecule has 0 saturated heterocycles. The van der Waals surface area contributed by atoms with Crippen molar-refractivity contribution in [1.82, 2.24) is 4.98 Å². The summed E-state index contributed by atoms with van der Waals surface area (Å²) < 4.78 is 6.25. The van der Waals surface area contributed by atoms with Gasteiger partial charge in [-0.15, -0.1) is 0 Å². The summed E-state index contributed by atoms with van der Waals surface area (Å²) in [6.45, 7) is 0. The Hall–Kier alpha value is -5.93. The van der Waals surface area contributed by atoms with Gasteiger partial charge in [-0.1, -0.05) is 115 Å². The molecule has 208 valence electrons. The van der Waals surface area contributed by atoms with E-state index in [9.17, 15) is 0 Å². The summed E-state index contributed by atoms with van der Waals surface area (Å²) in [5, 5.41) is 2.23. The highest BCUT2D eigenvalue weighted by molar-refractivity contribution is 6.03. The van der Waals surface area contributed by atoms with Gasteiger partial charge in [0.1, 0.15) is 5.52 Å². The van der Waals surface area contributed by atoms with Crippen LogP contribution in [0.3, 0.4) is 0 Å². The number of hydrogen-bond donors (Lipinski definition) is 0. The van der Waals surface area contributed by atoms with Crippen molar-refractivity contribution in [3.05, 3.63) is 170 Å². The van der Waals surface area contributed by atoms with Crippen LogP contribution < -0.4 is 4.90 Å². The van der Waals surface area contributed by atoms with E-state index in [2.05, 4.69) is 150 Å². The maximum absolute atomic E-state index is 6.25. The van der Waals surface area contributed by atoms with E-state index in [0.717, 1.165) is 55.6 Å². The molecule has 0 unspecified atom stereocenters. The number of hydrogen-bond acceptors (Lipinski definition) is 3. The summed E-state index contributed by atoms with van der Waals surface area (Å²) >= 11 is 0. The Kier molecular flexibility index (Phi) is 6.47. The van der Waals surface area contributed by atoms with Crippen molar-refractivity contribution in [1.29, 1.82) is 0 Å². The quantitative estimate of drug-likeness (QED) is 0.201. The van der Waals surface area contributed by atoms with Crippen molar-refractivity contribution in [3.8, 4) is 33.7 Å². The Bertz CT molecular complexity index is 2180. The summed E-state index contributed by atoms with van der Waals surface area (Å²) in [5.41, 5.74) is 10.7. The third kappa shape index (κ3) is 4.81. The lowest BCUT2D eigenvalue weighted by atomic mass is 10.0. The number of fused-ring (bicyclic) bond motifs is 3. The molecule has 8 rings (SSSR count). The molecule has 3 heteroatoms. The summed E-state index contributed by atoms with van der Waals surface area (Å²) in [4.78, 5) is 7.06. The predicted octanol–water partition coefficient (Wildman–Crippen LogP) is 11.5. The number of nitrogens with zero attached hydrogens (tertiary/aromatic N) is 2. The first-order valence-corrected chi connectivity index (χ1v) is 14.8. The van der Waals surface area contributed by atoms with Crippen LogP contribution in [0.5, 0.6) is 0 Å². The lowest BCUT2D eigenvalue weighted by molar-refractivity contribution is 0.623. The average molecular weight is 565 g/mol. The molecule has 7 aromatic carbocycles. The Morgan fingerprint density at radius 2 is 0.864 bits per heavy atom. The number of benzene rings is 7. The first kappa shape index (κ1) is 25.8. The summed E-state index contributed by atoms with van der Waals surface area (Å²) in [6, 6.07) is 59.3. The molecule has 3 nitrogen and oxygen atoms in total. The highest BCUT2D eigenvalue weighted by Crippen LogP contribution is 2.37. The van der Waals surface area contributed by atoms with E-state index in [1.807, 2.05) is 24.3 Å². The van der Waals surface area contributed by atoms with Crippen molar-refractivity contribution in [3.63, 3.8) is 0 Å². The van der Waals surface area contributed by atoms with E-state index in [0.29, 0.717) is 5.89 Å². The highest BCUT2D eigenvalue weighted by atomic mass is 16.3. The Balaban J connectivity index is 1.08. The smallest absolute Gasteiger partial charge is 0.227 e. The minimum atomic E-state index is 0.634. The fourth-order valence-corrected chi connectivity index (χ4v) is 5.85. The highest BCUT2D eigenvalue weighted by Gasteiger charge is 2.14. The number of anilines is 3. The summed E-state index contributed by atoms with van der Waals surface area (Å²) in [7, 11) is 0. The lowest BCUT2D eigenvalue weighted by Crippen LogP contribution is -2.09. The zero-order valence-electron chi connectivity index (χ0n) is 24.0. The number of aromatic nitrogens is 1. The molecule has 0 saturated carbocycles. The molecule has 0 aliphatic rings. The molecule has 0 bridgehead atoms. The first-order valence-electron chi connectivity index (χ1n) is 14.8. The maximum Gasteiger partial charge on any atom is 0.227 e. The van der Waals surface area contributed by atoms with Crippen LogP contribution in [0.15, 0.2) is 174 Å².